The van der Waals surface area contributed by atoms with Crippen LogP contribution < -0.4 is 0 Å². The lowest BCUT2D eigenvalue weighted by atomic mass is 9.97. The van der Waals surface area contributed by atoms with Crippen LogP contribution >= 0.6 is 0 Å². The van der Waals surface area contributed by atoms with Gasteiger partial charge in [-0.15, -0.1) is 0 Å². The molecule has 1 aromatic heterocycles. The van der Waals surface area contributed by atoms with Crippen LogP contribution in [0.1, 0.15) is 25.5 Å². The molecule has 1 saturated heterocycles. The fourth-order valence-electron chi connectivity index (χ4n) is 2.32. The average molecular weight is 218 g/mol. The molecular formula is C13H18N2O. The number of nitrogens with zero attached hydrogens (tertiary/aromatic N) is 2. The topological polar surface area (TPSA) is 40.2 Å². The monoisotopic (exact) mass is 218 g/mol. The molecule has 0 bridgehead atoms. The molecule has 1 aliphatic rings. The molecule has 2 heterocycles. The van der Waals surface area contributed by atoms with Gasteiger partial charge in [-0.25, -0.2) is 0 Å². The number of piperidine rings is 1. The van der Waals surface area contributed by atoms with Crippen LogP contribution in [0.5, 0.6) is 0 Å². The minimum atomic E-state index is 0.270. The molecule has 86 valence electrons. The van der Waals surface area contributed by atoms with E-state index < -0.39 is 0 Å². The van der Waals surface area contributed by atoms with E-state index in [0.717, 1.165) is 38.1 Å². The molecule has 0 aliphatic carbocycles. The van der Waals surface area contributed by atoms with Crippen molar-refractivity contribution in [2.45, 2.75) is 32.2 Å². The van der Waals surface area contributed by atoms with Crippen LogP contribution in [0.4, 0.5) is 0 Å². The van der Waals surface area contributed by atoms with E-state index in [9.17, 15) is 0 Å². The molecule has 0 spiro atoms. The number of hydrogen-bond donors (Lipinski definition) is 0. The fraction of sp³-hybridized carbons (Fsp3) is 0.615. The van der Waals surface area contributed by atoms with Gasteiger partial charge < -0.3 is 9.32 Å². The summed E-state index contributed by atoms with van der Waals surface area (Å²) < 4.78 is 5.36. The van der Waals surface area contributed by atoms with Gasteiger partial charge in [0.15, 0.2) is 0 Å². The predicted molar refractivity (Wildman–Crippen MR) is 61.8 cm³/mol. The molecule has 1 aromatic rings. The summed E-state index contributed by atoms with van der Waals surface area (Å²) in [5.74, 6) is 1.32. The molecule has 0 saturated carbocycles. The minimum absolute atomic E-state index is 0.270. The van der Waals surface area contributed by atoms with Crippen LogP contribution in [0.25, 0.3) is 0 Å². The Balaban J connectivity index is 1.83. The smallest absolute Gasteiger partial charge is 0.105 e. The highest BCUT2D eigenvalue weighted by atomic mass is 16.3. The summed E-state index contributed by atoms with van der Waals surface area (Å²) in [4.78, 5) is 2.45. The zero-order valence-corrected chi connectivity index (χ0v) is 9.72. The highest BCUT2D eigenvalue weighted by Gasteiger charge is 2.22. The summed E-state index contributed by atoms with van der Waals surface area (Å²) >= 11 is 0. The highest BCUT2D eigenvalue weighted by molar-refractivity contribution is 5.00. The Labute approximate surface area is 96.7 Å². The van der Waals surface area contributed by atoms with E-state index >= 15 is 0 Å². The first kappa shape index (κ1) is 11.2. The minimum Gasteiger partial charge on any atom is -0.469 e. The fourth-order valence-corrected chi connectivity index (χ4v) is 2.32. The summed E-state index contributed by atoms with van der Waals surface area (Å²) in [5, 5.41) is 8.84. The van der Waals surface area contributed by atoms with Gasteiger partial charge in [-0.3, -0.25) is 0 Å². The Morgan fingerprint density at radius 2 is 2.31 bits per heavy atom. The molecule has 2 rings (SSSR count). The van der Waals surface area contributed by atoms with Gasteiger partial charge in [0, 0.05) is 18.4 Å². The van der Waals surface area contributed by atoms with Crippen molar-refractivity contribution in [2.24, 2.45) is 5.92 Å². The zero-order chi connectivity index (χ0) is 11.4. The van der Waals surface area contributed by atoms with Gasteiger partial charge in [0.2, 0.25) is 0 Å². The Morgan fingerprint density at radius 3 is 2.88 bits per heavy atom. The third-order valence-corrected chi connectivity index (χ3v) is 3.41. The van der Waals surface area contributed by atoms with Gasteiger partial charge in [-0.2, -0.15) is 5.26 Å². The normalized spacial score (nSPS) is 20.5. The summed E-state index contributed by atoms with van der Waals surface area (Å²) in [6.45, 7) is 4.31. The van der Waals surface area contributed by atoms with Crippen molar-refractivity contribution in [3.63, 3.8) is 0 Å². The second-order valence-electron chi connectivity index (χ2n) is 4.57. The Kier molecular flexibility index (Phi) is 3.63. The molecule has 3 nitrogen and oxygen atoms in total. The van der Waals surface area contributed by atoms with Crippen LogP contribution in [0, 0.1) is 17.2 Å². The van der Waals surface area contributed by atoms with Crippen molar-refractivity contribution in [3.05, 3.63) is 24.2 Å². The van der Waals surface area contributed by atoms with E-state index in [1.807, 2.05) is 12.1 Å². The Bertz CT molecular complexity index is 345. The van der Waals surface area contributed by atoms with Crippen LogP contribution in [0.3, 0.4) is 0 Å². The summed E-state index contributed by atoms with van der Waals surface area (Å²) in [6.07, 6.45) is 4.71. The van der Waals surface area contributed by atoms with Gasteiger partial charge in [-0.05, 0) is 45.0 Å². The summed E-state index contributed by atoms with van der Waals surface area (Å²) in [7, 11) is 0. The molecule has 1 aliphatic heterocycles. The van der Waals surface area contributed by atoms with Gasteiger partial charge in [0.25, 0.3) is 0 Å². The van der Waals surface area contributed by atoms with Crippen molar-refractivity contribution in [1.82, 2.24) is 4.90 Å². The standard InChI is InChI=1S/C13H18N2O/c1-11(9-13-3-2-8-16-13)15-6-4-12(10-14)5-7-15/h2-3,8,11-12H,4-7,9H2,1H3/t11-/m0/s1. The maximum absolute atomic E-state index is 8.84. The van der Waals surface area contributed by atoms with Crippen molar-refractivity contribution in [2.75, 3.05) is 13.1 Å². The SMILES string of the molecule is C[C@@H](Cc1ccco1)N1CCC(C#N)CC1. The molecular weight excluding hydrogens is 200 g/mol. The van der Waals surface area contributed by atoms with Crippen LogP contribution in [0.2, 0.25) is 0 Å². The van der Waals surface area contributed by atoms with Crippen LogP contribution in [0.15, 0.2) is 22.8 Å². The van der Waals surface area contributed by atoms with Crippen LogP contribution in [-0.4, -0.2) is 24.0 Å². The number of hydrogen-bond acceptors (Lipinski definition) is 3. The molecule has 16 heavy (non-hydrogen) atoms. The van der Waals surface area contributed by atoms with Crippen molar-refractivity contribution < 1.29 is 4.42 Å². The van der Waals surface area contributed by atoms with Gasteiger partial charge in [-0.1, -0.05) is 0 Å². The first-order valence-corrected chi connectivity index (χ1v) is 5.95. The molecule has 1 atom stereocenters. The average Bonchev–Trinajstić information content (AvgIpc) is 2.82. The van der Waals surface area contributed by atoms with Gasteiger partial charge >= 0.3 is 0 Å². The number of furan rings is 1. The number of rotatable bonds is 3. The maximum atomic E-state index is 8.84. The highest BCUT2D eigenvalue weighted by Crippen LogP contribution is 2.19. The summed E-state index contributed by atoms with van der Waals surface area (Å²) in [6, 6.07) is 6.83. The first-order valence-electron chi connectivity index (χ1n) is 5.95. The lowest BCUT2D eigenvalue weighted by molar-refractivity contribution is 0.152. The molecule has 0 radical (unpaired) electrons. The molecule has 3 heteroatoms. The lowest BCUT2D eigenvalue weighted by Crippen LogP contribution is -2.40. The quantitative estimate of drug-likeness (QED) is 0.782. The Morgan fingerprint density at radius 1 is 1.56 bits per heavy atom. The first-order chi connectivity index (χ1) is 7.79. The third kappa shape index (κ3) is 2.65. The Hall–Kier alpha value is -1.27. The van der Waals surface area contributed by atoms with E-state index in [2.05, 4.69) is 17.9 Å². The molecule has 0 unspecified atom stereocenters. The van der Waals surface area contributed by atoms with Crippen molar-refractivity contribution in [1.29, 1.82) is 5.26 Å². The van der Waals surface area contributed by atoms with Crippen molar-refractivity contribution in [3.8, 4) is 6.07 Å². The number of likely N-dealkylation sites (tertiary alicyclic amines) is 1. The third-order valence-electron chi connectivity index (χ3n) is 3.41. The van der Waals surface area contributed by atoms with E-state index in [1.54, 1.807) is 6.26 Å². The van der Waals surface area contributed by atoms with Crippen LogP contribution in [-0.2, 0) is 6.42 Å². The maximum Gasteiger partial charge on any atom is 0.105 e. The second kappa shape index (κ2) is 5.18. The predicted octanol–water partition coefficient (Wildman–Crippen LogP) is 2.45. The van der Waals surface area contributed by atoms with Crippen molar-refractivity contribution >= 4 is 0 Å². The molecule has 0 amide bonds. The van der Waals surface area contributed by atoms with E-state index in [1.165, 1.54) is 0 Å². The summed E-state index contributed by atoms with van der Waals surface area (Å²) in [5.41, 5.74) is 0. The van der Waals surface area contributed by atoms with E-state index in [4.69, 9.17) is 9.68 Å². The molecule has 1 fully saturated rings. The van der Waals surface area contributed by atoms with E-state index in [-0.39, 0.29) is 5.92 Å². The largest absolute Gasteiger partial charge is 0.469 e. The van der Waals surface area contributed by atoms with Gasteiger partial charge in [0.1, 0.15) is 5.76 Å². The van der Waals surface area contributed by atoms with E-state index in [0.29, 0.717) is 6.04 Å². The number of nitriles is 1. The molecule has 0 aromatic carbocycles. The molecule has 0 N–H and O–H groups in total. The second-order valence-corrected chi connectivity index (χ2v) is 4.57. The lowest BCUT2D eigenvalue weighted by Gasteiger charge is -2.33. The zero-order valence-electron chi connectivity index (χ0n) is 9.72. The van der Waals surface area contributed by atoms with Gasteiger partial charge in [0.05, 0.1) is 12.3 Å².